The predicted octanol–water partition coefficient (Wildman–Crippen LogP) is 2.79. The van der Waals surface area contributed by atoms with E-state index >= 15 is 0 Å². The van der Waals surface area contributed by atoms with Gasteiger partial charge in [0.2, 0.25) is 0 Å². The number of amides is 2. The maximum absolute atomic E-state index is 13.1. The number of carbonyl (C=O) groups excluding carboxylic acids is 2. The van der Waals surface area contributed by atoms with Gasteiger partial charge in [-0.05, 0) is 42.5 Å². The van der Waals surface area contributed by atoms with E-state index in [-0.39, 0.29) is 11.8 Å². The molecule has 3 rings (SSSR count). The molecule has 134 valence electrons. The summed E-state index contributed by atoms with van der Waals surface area (Å²) >= 11 is 0. The van der Waals surface area contributed by atoms with Crippen LogP contribution in [0.25, 0.3) is 5.57 Å². The molecule has 0 spiro atoms. The van der Waals surface area contributed by atoms with Gasteiger partial charge in [-0.15, -0.1) is 0 Å². The molecule has 0 aliphatic carbocycles. The quantitative estimate of drug-likeness (QED) is 0.626. The van der Waals surface area contributed by atoms with Crippen molar-refractivity contribution in [3.8, 4) is 11.5 Å². The monoisotopic (exact) mass is 352 g/mol. The zero-order valence-electron chi connectivity index (χ0n) is 15.1. The molecule has 0 aromatic heterocycles. The second-order valence-corrected chi connectivity index (χ2v) is 6.06. The molecule has 1 aliphatic rings. The Hall–Kier alpha value is -3.28. The van der Waals surface area contributed by atoms with E-state index in [0.29, 0.717) is 33.9 Å². The van der Waals surface area contributed by atoms with Crippen molar-refractivity contribution in [2.75, 3.05) is 33.2 Å². The molecule has 2 amide bonds. The number of ether oxygens (including phenoxy) is 2. The summed E-state index contributed by atoms with van der Waals surface area (Å²) in [5.74, 6) is 0.457. The molecular weight excluding hydrogens is 332 g/mol. The van der Waals surface area contributed by atoms with E-state index in [2.05, 4.69) is 0 Å². The minimum atomic E-state index is -0.384. The predicted molar refractivity (Wildman–Crippen MR) is 99.5 cm³/mol. The van der Waals surface area contributed by atoms with Gasteiger partial charge in [-0.25, -0.2) is 4.90 Å². The molecule has 2 aromatic carbocycles. The molecule has 0 saturated carbocycles. The third-order valence-corrected chi connectivity index (χ3v) is 4.10. The van der Waals surface area contributed by atoms with Gasteiger partial charge in [0.15, 0.2) is 0 Å². The molecule has 0 unspecified atom stereocenters. The molecule has 6 heteroatoms. The number of rotatable bonds is 4. The minimum absolute atomic E-state index is 0.369. The topological polar surface area (TPSA) is 59.1 Å². The first-order valence-corrected chi connectivity index (χ1v) is 8.05. The second-order valence-electron chi connectivity index (χ2n) is 6.06. The van der Waals surface area contributed by atoms with Gasteiger partial charge in [0.25, 0.3) is 11.8 Å². The van der Waals surface area contributed by atoms with E-state index in [1.165, 1.54) is 12.0 Å². The molecule has 2 aromatic rings. The second kappa shape index (κ2) is 6.92. The Morgan fingerprint density at radius 3 is 2.04 bits per heavy atom. The summed E-state index contributed by atoms with van der Waals surface area (Å²) in [6.45, 7) is 0. The summed E-state index contributed by atoms with van der Waals surface area (Å²) < 4.78 is 10.4. The molecule has 0 bridgehead atoms. The Bertz CT molecular complexity index is 885. The zero-order chi connectivity index (χ0) is 18.8. The van der Waals surface area contributed by atoms with E-state index in [4.69, 9.17) is 9.47 Å². The Morgan fingerprint density at radius 1 is 0.846 bits per heavy atom. The first kappa shape index (κ1) is 17.5. The number of carbonyl (C=O) groups is 2. The third-order valence-electron chi connectivity index (χ3n) is 4.10. The van der Waals surface area contributed by atoms with Crippen molar-refractivity contribution in [1.29, 1.82) is 0 Å². The van der Waals surface area contributed by atoms with Gasteiger partial charge in [0.05, 0.1) is 31.0 Å². The lowest BCUT2D eigenvalue weighted by molar-refractivity contribution is -0.112. The highest BCUT2D eigenvalue weighted by Gasteiger charge is 2.36. The highest BCUT2D eigenvalue weighted by Crippen LogP contribution is 2.34. The van der Waals surface area contributed by atoms with Crippen molar-refractivity contribution < 1.29 is 19.1 Å². The lowest BCUT2D eigenvalue weighted by Crippen LogP contribution is -2.42. The van der Waals surface area contributed by atoms with Crippen LogP contribution in [0.3, 0.4) is 0 Å². The van der Waals surface area contributed by atoms with Crippen LogP contribution in [0.15, 0.2) is 48.7 Å². The Labute approximate surface area is 152 Å². The molecule has 26 heavy (non-hydrogen) atoms. The SMILES string of the molecule is COc1ccc(N2C(=O)C(=CN(C)C)c3ccc(OC)cc3C2=O)cc1. The maximum atomic E-state index is 13.1. The van der Waals surface area contributed by atoms with Gasteiger partial charge in [-0.3, -0.25) is 9.59 Å². The van der Waals surface area contributed by atoms with E-state index in [1.54, 1.807) is 60.7 Å². The molecule has 0 N–H and O–H groups in total. The average molecular weight is 352 g/mol. The van der Waals surface area contributed by atoms with Gasteiger partial charge in [-0.1, -0.05) is 0 Å². The number of nitrogens with zero attached hydrogens (tertiary/aromatic N) is 2. The highest BCUT2D eigenvalue weighted by atomic mass is 16.5. The van der Waals surface area contributed by atoms with E-state index < -0.39 is 0 Å². The molecule has 0 fully saturated rings. The number of anilines is 1. The number of fused-ring (bicyclic) bond motifs is 1. The van der Waals surface area contributed by atoms with Crippen LogP contribution in [0.1, 0.15) is 15.9 Å². The summed E-state index contributed by atoms with van der Waals surface area (Å²) in [4.78, 5) is 29.1. The number of imide groups is 1. The van der Waals surface area contributed by atoms with Crippen LogP contribution in [0.5, 0.6) is 11.5 Å². The van der Waals surface area contributed by atoms with Crippen molar-refractivity contribution in [2.45, 2.75) is 0 Å². The van der Waals surface area contributed by atoms with Crippen LogP contribution in [0.2, 0.25) is 0 Å². The van der Waals surface area contributed by atoms with Crippen LogP contribution < -0.4 is 14.4 Å². The summed E-state index contributed by atoms with van der Waals surface area (Å²) in [5.41, 5.74) is 1.95. The fourth-order valence-electron chi connectivity index (χ4n) is 2.86. The van der Waals surface area contributed by atoms with Gasteiger partial charge in [-0.2, -0.15) is 0 Å². The fourth-order valence-corrected chi connectivity index (χ4v) is 2.86. The third kappa shape index (κ3) is 3.01. The summed E-state index contributed by atoms with van der Waals surface area (Å²) in [6.07, 6.45) is 1.72. The highest BCUT2D eigenvalue weighted by molar-refractivity contribution is 6.41. The molecule has 6 nitrogen and oxygen atoms in total. The van der Waals surface area contributed by atoms with Gasteiger partial charge in [0.1, 0.15) is 11.5 Å². The smallest absolute Gasteiger partial charge is 0.267 e. The molecular formula is C20H20N2O4. The summed E-state index contributed by atoms with van der Waals surface area (Å²) in [6, 6.07) is 11.9. The Balaban J connectivity index is 2.17. The average Bonchev–Trinajstić information content (AvgIpc) is 2.65. The van der Waals surface area contributed by atoms with Crippen molar-refractivity contribution >= 4 is 23.1 Å². The molecule has 1 aliphatic heterocycles. The number of hydrogen-bond acceptors (Lipinski definition) is 5. The Morgan fingerprint density at radius 2 is 1.46 bits per heavy atom. The van der Waals surface area contributed by atoms with Crippen molar-refractivity contribution in [3.63, 3.8) is 0 Å². The normalized spacial score (nSPS) is 15.1. The van der Waals surface area contributed by atoms with Crippen LogP contribution in [-0.4, -0.2) is 45.0 Å². The van der Waals surface area contributed by atoms with E-state index in [0.717, 1.165) is 0 Å². The first-order valence-electron chi connectivity index (χ1n) is 8.05. The standard InChI is InChI=1S/C20H20N2O4/c1-21(2)12-18-16-10-9-15(26-4)11-17(16)19(23)22(20(18)24)13-5-7-14(25-3)8-6-13/h5-12H,1-4H3. The molecule has 1 heterocycles. The number of methoxy groups -OCH3 is 2. The van der Waals surface area contributed by atoms with Gasteiger partial charge >= 0.3 is 0 Å². The lowest BCUT2D eigenvalue weighted by Gasteiger charge is -2.29. The Kier molecular flexibility index (Phi) is 4.67. The van der Waals surface area contributed by atoms with Gasteiger partial charge < -0.3 is 14.4 Å². The molecule has 0 atom stereocenters. The van der Waals surface area contributed by atoms with Crippen LogP contribution in [-0.2, 0) is 4.79 Å². The van der Waals surface area contributed by atoms with E-state index in [9.17, 15) is 9.59 Å². The molecule has 0 radical (unpaired) electrons. The van der Waals surface area contributed by atoms with Crippen molar-refractivity contribution in [3.05, 3.63) is 59.8 Å². The van der Waals surface area contributed by atoms with Crippen molar-refractivity contribution in [2.24, 2.45) is 0 Å². The van der Waals surface area contributed by atoms with Crippen LogP contribution in [0, 0.1) is 0 Å². The van der Waals surface area contributed by atoms with Gasteiger partial charge in [0, 0.05) is 25.9 Å². The van der Waals surface area contributed by atoms with E-state index in [1.807, 2.05) is 14.1 Å². The van der Waals surface area contributed by atoms with Crippen molar-refractivity contribution in [1.82, 2.24) is 4.90 Å². The van der Waals surface area contributed by atoms with Crippen LogP contribution in [0.4, 0.5) is 5.69 Å². The zero-order valence-corrected chi connectivity index (χ0v) is 15.1. The minimum Gasteiger partial charge on any atom is -0.497 e. The fraction of sp³-hybridized carbons (Fsp3) is 0.200. The summed E-state index contributed by atoms with van der Waals surface area (Å²) in [7, 11) is 6.76. The first-order chi connectivity index (χ1) is 12.5. The number of benzene rings is 2. The maximum Gasteiger partial charge on any atom is 0.267 e. The van der Waals surface area contributed by atoms with Crippen LogP contribution >= 0.6 is 0 Å². The largest absolute Gasteiger partial charge is 0.497 e. The molecule has 0 saturated heterocycles. The lowest BCUT2D eigenvalue weighted by atomic mass is 9.93. The number of hydrogen-bond donors (Lipinski definition) is 0. The summed E-state index contributed by atoms with van der Waals surface area (Å²) in [5, 5.41) is 0.